The van der Waals surface area contributed by atoms with Crippen molar-refractivity contribution in [2.45, 2.75) is 0 Å². The van der Waals surface area contributed by atoms with Crippen molar-refractivity contribution in [1.82, 2.24) is 0 Å². The van der Waals surface area contributed by atoms with Gasteiger partial charge in [-0.2, -0.15) is 0 Å². The van der Waals surface area contributed by atoms with E-state index in [-0.39, 0.29) is 0 Å². The summed E-state index contributed by atoms with van der Waals surface area (Å²) < 4.78 is 0. The van der Waals surface area contributed by atoms with Crippen LogP contribution in [0.5, 0.6) is 0 Å². The minimum absolute atomic E-state index is 1.12. The van der Waals surface area contributed by atoms with Gasteiger partial charge in [-0.15, -0.1) is 11.3 Å². The maximum atomic E-state index is 3.62. The van der Waals surface area contributed by atoms with Gasteiger partial charge in [0.25, 0.3) is 0 Å². The number of anilines is 5. The fourth-order valence-corrected chi connectivity index (χ4v) is 4.50. The lowest BCUT2D eigenvalue weighted by molar-refractivity contribution is 1.32. The highest BCUT2D eigenvalue weighted by Crippen LogP contribution is 2.41. The molecule has 0 fully saturated rings. The summed E-state index contributed by atoms with van der Waals surface area (Å²) >= 11 is 1.75. The molecule has 0 saturated carbocycles. The first-order valence-corrected chi connectivity index (χ1v) is 10.4. The average molecular weight is 393 g/mol. The molecule has 3 heteroatoms. The molecule has 5 rings (SSSR count). The minimum atomic E-state index is 1.12. The SMILES string of the molecule is c1ccc(N(c2ccccc2)c2ccc(Nc3cccc4ccccc34)s2)cc1. The Morgan fingerprint density at radius 3 is 1.90 bits per heavy atom. The minimum Gasteiger partial charge on any atom is -0.347 e. The molecule has 0 aliphatic heterocycles. The molecule has 0 amide bonds. The summed E-state index contributed by atoms with van der Waals surface area (Å²) in [6, 6.07) is 40.2. The van der Waals surface area contributed by atoms with Gasteiger partial charge in [0.2, 0.25) is 0 Å². The Hall–Kier alpha value is -3.56. The molecule has 1 heterocycles. The molecular weight excluding hydrogens is 372 g/mol. The van der Waals surface area contributed by atoms with Crippen molar-refractivity contribution >= 4 is 49.2 Å². The van der Waals surface area contributed by atoms with E-state index in [2.05, 4.69) is 125 Å². The van der Waals surface area contributed by atoms with Crippen LogP contribution in [0.4, 0.5) is 27.1 Å². The largest absolute Gasteiger partial charge is 0.347 e. The van der Waals surface area contributed by atoms with Crippen molar-refractivity contribution in [3.63, 3.8) is 0 Å². The molecule has 0 unspecified atom stereocenters. The van der Waals surface area contributed by atoms with Crippen LogP contribution in [0.15, 0.2) is 115 Å². The summed E-state index contributed by atoms with van der Waals surface area (Å²) in [5.74, 6) is 0. The Labute approximate surface area is 174 Å². The van der Waals surface area contributed by atoms with E-state index in [0.29, 0.717) is 0 Å². The van der Waals surface area contributed by atoms with E-state index in [1.807, 2.05) is 0 Å². The zero-order valence-electron chi connectivity index (χ0n) is 15.8. The summed E-state index contributed by atoms with van der Waals surface area (Å²) in [6.45, 7) is 0. The van der Waals surface area contributed by atoms with Crippen LogP contribution in [0.3, 0.4) is 0 Å². The van der Waals surface area contributed by atoms with Crippen LogP contribution in [0.25, 0.3) is 10.8 Å². The molecule has 5 aromatic rings. The van der Waals surface area contributed by atoms with E-state index in [1.165, 1.54) is 15.8 Å². The highest BCUT2D eigenvalue weighted by atomic mass is 32.1. The van der Waals surface area contributed by atoms with E-state index in [1.54, 1.807) is 11.3 Å². The second-order valence-corrected chi connectivity index (χ2v) is 7.86. The summed E-state index contributed by atoms with van der Waals surface area (Å²) in [6.07, 6.45) is 0. The van der Waals surface area contributed by atoms with Crippen LogP contribution in [0.1, 0.15) is 0 Å². The predicted molar refractivity (Wildman–Crippen MR) is 126 cm³/mol. The van der Waals surface area contributed by atoms with E-state index in [0.717, 1.165) is 22.1 Å². The van der Waals surface area contributed by atoms with Crippen LogP contribution < -0.4 is 10.2 Å². The third-order valence-corrected chi connectivity index (χ3v) is 5.87. The van der Waals surface area contributed by atoms with Gasteiger partial charge >= 0.3 is 0 Å². The van der Waals surface area contributed by atoms with Crippen molar-refractivity contribution in [3.8, 4) is 0 Å². The lowest BCUT2D eigenvalue weighted by Crippen LogP contribution is -2.07. The van der Waals surface area contributed by atoms with Gasteiger partial charge in [-0.1, -0.05) is 72.8 Å². The fraction of sp³-hybridized carbons (Fsp3) is 0. The van der Waals surface area contributed by atoms with E-state index >= 15 is 0 Å². The quantitative estimate of drug-likeness (QED) is 0.325. The Kier molecular flexibility index (Phi) is 4.73. The molecule has 4 aromatic carbocycles. The lowest BCUT2D eigenvalue weighted by atomic mass is 10.1. The molecule has 2 nitrogen and oxygen atoms in total. The van der Waals surface area contributed by atoms with Gasteiger partial charge in [-0.3, -0.25) is 0 Å². The normalized spacial score (nSPS) is 10.8. The van der Waals surface area contributed by atoms with Crippen molar-refractivity contribution in [1.29, 1.82) is 0 Å². The highest BCUT2D eigenvalue weighted by Gasteiger charge is 2.14. The standard InChI is InChI=1S/C26H20N2S/c1-3-12-21(13-4-1)28(22-14-5-2-6-15-22)26-19-18-25(29-26)27-24-17-9-11-20-10-7-8-16-23(20)24/h1-19,27H. The summed E-state index contributed by atoms with van der Waals surface area (Å²) in [5, 5.41) is 8.38. The number of thiophene rings is 1. The molecule has 0 aliphatic carbocycles. The predicted octanol–water partition coefficient (Wildman–Crippen LogP) is 8.11. The zero-order valence-corrected chi connectivity index (χ0v) is 16.6. The van der Waals surface area contributed by atoms with Gasteiger partial charge in [0, 0.05) is 22.4 Å². The van der Waals surface area contributed by atoms with Crippen LogP contribution in [-0.4, -0.2) is 0 Å². The average Bonchev–Trinajstić information content (AvgIpc) is 3.24. The maximum Gasteiger partial charge on any atom is 0.102 e. The Morgan fingerprint density at radius 2 is 1.17 bits per heavy atom. The van der Waals surface area contributed by atoms with Gasteiger partial charge in [0.15, 0.2) is 0 Å². The molecule has 140 valence electrons. The Bertz CT molecular complexity index is 1180. The number of benzene rings is 4. The summed E-state index contributed by atoms with van der Waals surface area (Å²) in [5.41, 5.74) is 3.43. The van der Waals surface area contributed by atoms with Crippen molar-refractivity contribution in [2.24, 2.45) is 0 Å². The Balaban J connectivity index is 1.52. The Morgan fingerprint density at radius 1 is 0.552 bits per heavy atom. The first-order chi connectivity index (χ1) is 14.4. The summed E-state index contributed by atoms with van der Waals surface area (Å²) in [7, 11) is 0. The fourth-order valence-electron chi connectivity index (χ4n) is 3.54. The third-order valence-electron chi connectivity index (χ3n) is 4.89. The van der Waals surface area contributed by atoms with E-state index in [4.69, 9.17) is 0 Å². The van der Waals surface area contributed by atoms with E-state index in [9.17, 15) is 0 Å². The molecular formula is C26H20N2S. The first-order valence-electron chi connectivity index (χ1n) is 9.63. The molecule has 1 N–H and O–H groups in total. The smallest absolute Gasteiger partial charge is 0.102 e. The second-order valence-electron chi connectivity index (χ2n) is 6.80. The van der Waals surface area contributed by atoms with E-state index < -0.39 is 0 Å². The number of para-hydroxylation sites is 2. The van der Waals surface area contributed by atoms with Gasteiger partial charge in [-0.05, 0) is 47.9 Å². The lowest BCUT2D eigenvalue weighted by Gasteiger charge is -2.23. The molecule has 1 aromatic heterocycles. The molecule has 0 aliphatic rings. The number of hydrogen-bond acceptors (Lipinski definition) is 3. The third kappa shape index (κ3) is 3.60. The molecule has 29 heavy (non-hydrogen) atoms. The topological polar surface area (TPSA) is 15.3 Å². The molecule has 0 radical (unpaired) electrons. The van der Waals surface area contributed by atoms with Gasteiger partial charge in [0.05, 0.1) is 5.00 Å². The van der Waals surface area contributed by atoms with Crippen LogP contribution in [0, 0.1) is 0 Å². The van der Waals surface area contributed by atoms with Crippen LogP contribution in [0.2, 0.25) is 0 Å². The highest BCUT2D eigenvalue weighted by molar-refractivity contribution is 7.20. The molecule has 0 saturated heterocycles. The molecule has 0 bridgehead atoms. The van der Waals surface area contributed by atoms with Crippen molar-refractivity contribution in [2.75, 3.05) is 10.2 Å². The number of nitrogens with zero attached hydrogens (tertiary/aromatic N) is 1. The number of rotatable bonds is 5. The zero-order chi connectivity index (χ0) is 19.5. The molecule has 0 atom stereocenters. The van der Waals surface area contributed by atoms with Gasteiger partial charge < -0.3 is 10.2 Å². The van der Waals surface area contributed by atoms with Gasteiger partial charge in [0.1, 0.15) is 5.00 Å². The molecule has 0 spiro atoms. The summed E-state index contributed by atoms with van der Waals surface area (Å²) in [4.78, 5) is 2.29. The maximum absolute atomic E-state index is 3.62. The van der Waals surface area contributed by atoms with Crippen molar-refractivity contribution in [3.05, 3.63) is 115 Å². The number of fused-ring (bicyclic) bond motifs is 1. The van der Waals surface area contributed by atoms with Crippen molar-refractivity contribution < 1.29 is 0 Å². The van der Waals surface area contributed by atoms with Gasteiger partial charge in [-0.25, -0.2) is 0 Å². The first kappa shape index (κ1) is 17.5. The van der Waals surface area contributed by atoms with Crippen LogP contribution in [-0.2, 0) is 0 Å². The second kappa shape index (κ2) is 7.82. The van der Waals surface area contributed by atoms with Crippen LogP contribution >= 0.6 is 11.3 Å². The number of hydrogen-bond donors (Lipinski definition) is 1. The monoisotopic (exact) mass is 392 g/mol. The number of nitrogens with one attached hydrogen (secondary N) is 1.